The summed E-state index contributed by atoms with van der Waals surface area (Å²) in [6, 6.07) is 1.89. The van der Waals surface area contributed by atoms with E-state index in [-0.39, 0.29) is 23.9 Å². The Kier molecular flexibility index (Phi) is 2.92. The van der Waals surface area contributed by atoms with Gasteiger partial charge in [0.2, 0.25) is 0 Å². The van der Waals surface area contributed by atoms with Gasteiger partial charge in [0.05, 0.1) is 17.9 Å². The van der Waals surface area contributed by atoms with Gasteiger partial charge in [-0.25, -0.2) is 0 Å². The van der Waals surface area contributed by atoms with Gasteiger partial charge in [-0.15, -0.1) is 0 Å². The van der Waals surface area contributed by atoms with Crippen molar-refractivity contribution in [3.05, 3.63) is 35.3 Å². The molecule has 4 heteroatoms. The highest BCUT2D eigenvalue weighted by Gasteiger charge is 2.63. The van der Waals surface area contributed by atoms with Crippen LogP contribution in [0.3, 0.4) is 0 Å². The Labute approximate surface area is 141 Å². The fourth-order valence-electron chi connectivity index (χ4n) is 6.01. The minimum Gasteiger partial charge on any atom is -0.472 e. The molecule has 0 N–H and O–H groups in total. The lowest BCUT2D eigenvalue weighted by atomic mass is 9.53. The van der Waals surface area contributed by atoms with Crippen LogP contribution in [-0.2, 0) is 14.3 Å². The summed E-state index contributed by atoms with van der Waals surface area (Å²) in [6.07, 6.45) is 8.36. The maximum atomic E-state index is 13.1. The SMILES string of the molecule is CC1CC2CC(=O)C3=C2C(CCC3)C12CC(c1ccoc1)OC2=O. The summed E-state index contributed by atoms with van der Waals surface area (Å²) in [7, 11) is 0. The topological polar surface area (TPSA) is 56.5 Å². The quantitative estimate of drug-likeness (QED) is 0.733. The van der Waals surface area contributed by atoms with Crippen LogP contribution in [0.15, 0.2) is 34.2 Å². The molecular formula is C20H22O4. The lowest BCUT2D eigenvalue weighted by Gasteiger charge is -2.48. The molecule has 4 nitrogen and oxygen atoms in total. The van der Waals surface area contributed by atoms with Gasteiger partial charge < -0.3 is 9.15 Å². The van der Waals surface area contributed by atoms with Crippen molar-refractivity contribution < 1.29 is 18.7 Å². The van der Waals surface area contributed by atoms with Gasteiger partial charge in [-0.1, -0.05) is 12.5 Å². The zero-order valence-electron chi connectivity index (χ0n) is 13.9. The van der Waals surface area contributed by atoms with Crippen molar-refractivity contribution in [3.63, 3.8) is 0 Å². The predicted molar refractivity (Wildman–Crippen MR) is 85.9 cm³/mol. The van der Waals surface area contributed by atoms with Crippen LogP contribution >= 0.6 is 0 Å². The number of carbonyl (C=O) groups is 2. The third-order valence-electron chi connectivity index (χ3n) is 7.06. The van der Waals surface area contributed by atoms with Crippen LogP contribution < -0.4 is 0 Å². The number of fused-ring (bicyclic) bond motifs is 1. The maximum Gasteiger partial charge on any atom is 0.313 e. The van der Waals surface area contributed by atoms with E-state index in [1.165, 1.54) is 5.57 Å². The van der Waals surface area contributed by atoms with E-state index in [1.807, 2.05) is 6.07 Å². The number of carbonyl (C=O) groups excluding carboxylic acids is 2. The Morgan fingerprint density at radius 2 is 2.17 bits per heavy atom. The fraction of sp³-hybridized carbons (Fsp3) is 0.600. The van der Waals surface area contributed by atoms with Crippen molar-refractivity contribution in [1.82, 2.24) is 0 Å². The first-order valence-corrected chi connectivity index (χ1v) is 9.10. The van der Waals surface area contributed by atoms with E-state index < -0.39 is 5.41 Å². The summed E-state index contributed by atoms with van der Waals surface area (Å²) in [5, 5.41) is 0. The second-order valence-electron chi connectivity index (χ2n) is 8.03. The minimum absolute atomic E-state index is 0.0576. The van der Waals surface area contributed by atoms with Gasteiger partial charge in [0.15, 0.2) is 5.78 Å². The lowest BCUT2D eigenvalue weighted by Crippen LogP contribution is -2.47. The Hall–Kier alpha value is -1.84. The highest BCUT2D eigenvalue weighted by molar-refractivity contribution is 6.00. The van der Waals surface area contributed by atoms with Crippen molar-refractivity contribution in [3.8, 4) is 0 Å². The van der Waals surface area contributed by atoms with Crippen molar-refractivity contribution in [1.29, 1.82) is 0 Å². The Balaban J connectivity index is 1.59. The van der Waals surface area contributed by atoms with Crippen LogP contribution in [0.4, 0.5) is 0 Å². The summed E-state index contributed by atoms with van der Waals surface area (Å²) in [6.45, 7) is 2.19. The van der Waals surface area contributed by atoms with Crippen molar-refractivity contribution in [2.24, 2.45) is 23.2 Å². The standard InChI is InChI=1S/C20H22O4/c1-11-7-13-8-16(21)14-3-2-4-15(18(13)14)20(11)9-17(24-19(20)22)12-5-6-23-10-12/h5-6,10-11,13,15,17H,2-4,7-9H2,1H3. The molecule has 1 spiro atoms. The Bertz CT molecular complexity index is 744. The van der Waals surface area contributed by atoms with E-state index in [0.717, 1.165) is 43.2 Å². The molecule has 1 aliphatic heterocycles. The molecular weight excluding hydrogens is 304 g/mol. The summed E-state index contributed by atoms with van der Waals surface area (Å²) in [5.74, 6) is 1.11. The summed E-state index contributed by atoms with van der Waals surface area (Å²) < 4.78 is 11.0. The number of Topliss-reactive ketones (excluding diaryl/α,β-unsaturated/α-hetero) is 1. The van der Waals surface area contributed by atoms with E-state index in [1.54, 1.807) is 12.5 Å². The average Bonchev–Trinajstić information content (AvgIpc) is 3.26. The van der Waals surface area contributed by atoms with Gasteiger partial charge in [-0.2, -0.15) is 0 Å². The van der Waals surface area contributed by atoms with E-state index >= 15 is 0 Å². The van der Waals surface area contributed by atoms with Crippen molar-refractivity contribution in [2.45, 2.75) is 51.6 Å². The first kappa shape index (κ1) is 14.5. The molecule has 1 saturated heterocycles. The first-order valence-electron chi connectivity index (χ1n) is 9.10. The smallest absolute Gasteiger partial charge is 0.313 e. The van der Waals surface area contributed by atoms with Crippen LogP contribution in [0.2, 0.25) is 0 Å². The largest absolute Gasteiger partial charge is 0.472 e. The van der Waals surface area contributed by atoms with Crippen LogP contribution in [0.1, 0.15) is 57.1 Å². The number of rotatable bonds is 1. The van der Waals surface area contributed by atoms with Crippen LogP contribution in [0, 0.1) is 23.2 Å². The van der Waals surface area contributed by atoms with Gasteiger partial charge in [-0.3, -0.25) is 9.59 Å². The molecule has 5 rings (SSSR count). The van der Waals surface area contributed by atoms with Crippen LogP contribution in [-0.4, -0.2) is 11.8 Å². The van der Waals surface area contributed by atoms with E-state index in [9.17, 15) is 9.59 Å². The molecule has 0 amide bonds. The third kappa shape index (κ3) is 1.69. The number of hydrogen-bond acceptors (Lipinski definition) is 4. The van der Waals surface area contributed by atoms with E-state index in [2.05, 4.69) is 6.92 Å². The zero-order valence-corrected chi connectivity index (χ0v) is 13.9. The van der Waals surface area contributed by atoms with Gasteiger partial charge in [0, 0.05) is 18.4 Å². The van der Waals surface area contributed by atoms with Gasteiger partial charge >= 0.3 is 5.97 Å². The van der Waals surface area contributed by atoms with Gasteiger partial charge in [0.25, 0.3) is 0 Å². The Morgan fingerprint density at radius 1 is 1.29 bits per heavy atom. The highest BCUT2D eigenvalue weighted by Crippen LogP contribution is 2.64. The van der Waals surface area contributed by atoms with Gasteiger partial charge in [0.1, 0.15) is 6.10 Å². The lowest BCUT2D eigenvalue weighted by molar-refractivity contribution is -0.155. The molecule has 5 atom stereocenters. The number of ketones is 1. The number of hydrogen-bond donors (Lipinski definition) is 0. The first-order chi connectivity index (χ1) is 11.6. The normalized spacial score (nSPS) is 41.0. The van der Waals surface area contributed by atoms with E-state index in [0.29, 0.717) is 18.1 Å². The second kappa shape index (κ2) is 4.84. The molecule has 2 heterocycles. The fourth-order valence-corrected chi connectivity index (χ4v) is 6.01. The molecule has 5 unspecified atom stereocenters. The van der Waals surface area contributed by atoms with Crippen LogP contribution in [0.25, 0.3) is 0 Å². The zero-order chi connectivity index (χ0) is 16.5. The molecule has 4 aliphatic rings. The molecule has 3 aliphatic carbocycles. The monoisotopic (exact) mass is 326 g/mol. The van der Waals surface area contributed by atoms with Crippen LogP contribution in [0.5, 0.6) is 0 Å². The minimum atomic E-state index is -0.454. The summed E-state index contributed by atoms with van der Waals surface area (Å²) >= 11 is 0. The number of ether oxygens (including phenoxy) is 1. The average molecular weight is 326 g/mol. The molecule has 1 aromatic rings. The molecule has 0 radical (unpaired) electrons. The molecule has 0 bridgehead atoms. The molecule has 126 valence electrons. The van der Waals surface area contributed by atoms with Crippen molar-refractivity contribution >= 4 is 11.8 Å². The third-order valence-corrected chi connectivity index (χ3v) is 7.06. The number of allylic oxidation sites excluding steroid dienone is 2. The highest BCUT2D eigenvalue weighted by atomic mass is 16.6. The summed E-state index contributed by atoms with van der Waals surface area (Å²) in [4.78, 5) is 25.5. The molecule has 0 aromatic carbocycles. The number of cyclic esters (lactones) is 1. The second-order valence-corrected chi connectivity index (χ2v) is 8.03. The summed E-state index contributed by atoms with van der Waals surface area (Å²) in [5.41, 5.74) is 2.88. The van der Waals surface area contributed by atoms with Gasteiger partial charge in [-0.05, 0) is 55.1 Å². The van der Waals surface area contributed by atoms with E-state index in [4.69, 9.17) is 9.15 Å². The molecule has 1 aromatic heterocycles. The molecule has 2 fully saturated rings. The molecule has 1 saturated carbocycles. The molecule has 24 heavy (non-hydrogen) atoms. The maximum absolute atomic E-state index is 13.1. The number of esters is 1. The Morgan fingerprint density at radius 3 is 2.96 bits per heavy atom. The predicted octanol–water partition coefficient (Wildman–Crippen LogP) is 3.98. The van der Waals surface area contributed by atoms with Crippen molar-refractivity contribution in [2.75, 3.05) is 0 Å². The number of furan rings is 1.